The van der Waals surface area contributed by atoms with E-state index in [1.807, 2.05) is 6.92 Å². The number of benzene rings is 1. The quantitative estimate of drug-likeness (QED) is 0.446. The Morgan fingerprint density at radius 1 is 1.36 bits per heavy atom. The molecule has 0 fully saturated rings. The van der Waals surface area contributed by atoms with Crippen LogP contribution in [0.3, 0.4) is 0 Å². The summed E-state index contributed by atoms with van der Waals surface area (Å²) in [5.41, 5.74) is 0.343. The van der Waals surface area contributed by atoms with Crippen LogP contribution in [0.25, 0.3) is 0 Å². The molecule has 1 rings (SSSR count). The van der Waals surface area contributed by atoms with E-state index in [0.29, 0.717) is 18.7 Å². The number of nitrogens with zero attached hydrogens (tertiary/aromatic N) is 1. The highest BCUT2D eigenvalue weighted by Gasteiger charge is 2.12. The van der Waals surface area contributed by atoms with Gasteiger partial charge < -0.3 is 10.1 Å². The van der Waals surface area contributed by atoms with Crippen molar-refractivity contribution in [2.75, 3.05) is 19.0 Å². The lowest BCUT2D eigenvalue weighted by Gasteiger charge is -2.07. The number of anilines is 1. The standard InChI is InChI=1S/C14H17N3O4S/c1-3-8-17-22(19,20)13-6-4-12(5-7-13)16-10-11(9-15)14(18)21-2/h4-7,10,16-17H,3,8H2,1-2H3/b11-10-. The summed E-state index contributed by atoms with van der Waals surface area (Å²) in [4.78, 5) is 11.4. The molecule has 7 nitrogen and oxygen atoms in total. The topological polar surface area (TPSA) is 108 Å². The Labute approximate surface area is 129 Å². The molecule has 1 aromatic rings. The minimum absolute atomic E-state index is 0.143. The molecule has 118 valence electrons. The van der Waals surface area contributed by atoms with Crippen molar-refractivity contribution in [1.29, 1.82) is 5.26 Å². The lowest BCUT2D eigenvalue weighted by atomic mass is 10.3. The summed E-state index contributed by atoms with van der Waals surface area (Å²) in [6.45, 7) is 2.24. The second kappa shape index (κ2) is 8.17. The number of hydrogen-bond acceptors (Lipinski definition) is 6. The van der Waals surface area contributed by atoms with Crippen molar-refractivity contribution in [2.45, 2.75) is 18.2 Å². The summed E-state index contributed by atoms with van der Waals surface area (Å²) in [5.74, 6) is -0.752. The van der Waals surface area contributed by atoms with Gasteiger partial charge in [0.2, 0.25) is 10.0 Å². The van der Waals surface area contributed by atoms with E-state index in [0.717, 1.165) is 0 Å². The van der Waals surface area contributed by atoms with Crippen LogP contribution in [-0.2, 0) is 19.6 Å². The predicted molar refractivity (Wildman–Crippen MR) is 81.3 cm³/mol. The number of rotatable bonds is 7. The number of ether oxygens (including phenoxy) is 1. The van der Waals surface area contributed by atoms with Gasteiger partial charge in [-0.2, -0.15) is 5.26 Å². The molecule has 0 saturated carbocycles. The van der Waals surface area contributed by atoms with Crippen LogP contribution in [0.4, 0.5) is 5.69 Å². The van der Waals surface area contributed by atoms with Crippen molar-refractivity contribution in [3.63, 3.8) is 0 Å². The maximum atomic E-state index is 11.9. The maximum absolute atomic E-state index is 11.9. The van der Waals surface area contributed by atoms with Gasteiger partial charge in [-0.25, -0.2) is 17.9 Å². The number of nitrogens with one attached hydrogen (secondary N) is 2. The average molecular weight is 323 g/mol. The van der Waals surface area contributed by atoms with Gasteiger partial charge in [0.25, 0.3) is 0 Å². The first-order valence-corrected chi connectivity index (χ1v) is 7.97. The number of carbonyl (C=O) groups is 1. The number of nitriles is 1. The number of hydrogen-bond donors (Lipinski definition) is 2. The fraction of sp³-hybridized carbons (Fsp3) is 0.286. The number of sulfonamides is 1. The molecule has 0 bridgehead atoms. The maximum Gasteiger partial charge on any atom is 0.350 e. The van der Waals surface area contributed by atoms with Crippen LogP contribution in [0.1, 0.15) is 13.3 Å². The van der Waals surface area contributed by atoms with Gasteiger partial charge in [-0.1, -0.05) is 6.92 Å². The molecule has 0 aromatic heterocycles. The van der Waals surface area contributed by atoms with Crippen molar-refractivity contribution < 1.29 is 17.9 Å². The van der Waals surface area contributed by atoms with Crippen LogP contribution in [0, 0.1) is 11.3 Å². The third-order valence-electron chi connectivity index (χ3n) is 2.62. The zero-order chi connectivity index (χ0) is 16.6. The van der Waals surface area contributed by atoms with Crippen molar-refractivity contribution in [3.05, 3.63) is 36.0 Å². The van der Waals surface area contributed by atoms with E-state index in [-0.39, 0.29) is 10.5 Å². The lowest BCUT2D eigenvalue weighted by Crippen LogP contribution is -2.24. The van der Waals surface area contributed by atoms with E-state index in [1.165, 1.54) is 37.6 Å². The Bertz CT molecular complexity index is 688. The molecule has 0 atom stereocenters. The van der Waals surface area contributed by atoms with Gasteiger partial charge in [-0.05, 0) is 30.7 Å². The minimum atomic E-state index is -3.51. The molecule has 0 aliphatic rings. The van der Waals surface area contributed by atoms with E-state index in [4.69, 9.17) is 5.26 Å². The fourth-order valence-electron chi connectivity index (χ4n) is 1.45. The second-order valence-electron chi connectivity index (χ2n) is 4.23. The Hall–Kier alpha value is -2.37. The van der Waals surface area contributed by atoms with Crippen molar-refractivity contribution >= 4 is 21.7 Å². The van der Waals surface area contributed by atoms with Crippen molar-refractivity contribution in [3.8, 4) is 6.07 Å². The molecule has 0 saturated heterocycles. The highest BCUT2D eigenvalue weighted by atomic mass is 32.2. The third kappa shape index (κ3) is 4.87. The largest absolute Gasteiger partial charge is 0.465 e. The Morgan fingerprint density at radius 3 is 2.50 bits per heavy atom. The molecular formula is C14H17N3O4S. The summed E-state index contributed by atoms with van der Waals surface area (Å²) < 4.78 is 30.7. The predicted octanol–water partition coefficient (Wildman–Crippen LogP) is 1.37. The van der Waals surface area contributed by atoms with Gasteiger partial charge in [0.1, 0.15) is 6.07 Å². The molecule has 22 heavy (non-hydrogen) atoms. The first-order chi connectivity index (χ1) is 10.4. The van der Waals surface area contributed by atoms with Crippen LogP contribution in [0.15, 0.2) is 40.9 Å². The smallest absolute Gasteiger partial charge is 0.350 e. The molecule has 0 aliphatic heterocycles. The molecule has 0 unspecified atom stereocenters. The summed E-state index contributed by atoms with van der Waals surface area (Å²) in [5, 5.41) is 11.5. The molecule has 2 N–H and O–H groups in total. The highest BCUT2D eigenvalue weighted by molar-refractivity contribution is 7.89. The second-order valence-corrected chi connectivity index (χ2v) is 5.99. The molecule has 0 heterocycles. The number of esters is 1. The molecule has 0 amide bonds. The Kier molecular flexibility index (Phi) is 6.56. The molecule has 1 aromatic carbocycles. The van der Waals surface area contributed by atoms with Crippen LogP contribution in [-0.4, -0.2) is 28.0 Å². The van der Waals surface area contributed by atoms with Crippen LogP contribution < -0.4 is 10.0 Å². The van der Waals surface area contributed by atoms with E-state index in [1.54, 1.807) is 6.07 Å². The highest BCUT2D eigenvalue weighted by Crippen LogP contribution is 2.14. The Balaban J connectivity index is 2.84. The van der Waals surface area contributed by atoms with Gasteiger partial charge >= 0.3 is 5.97 Å². The van der Waals surface area contributed by atoms with Crippen molar-refractivity contribution in [2.24, 2.45) is 0 Å². The molecule has 0 aliphatic carbocycles. The van der Waals surface area contributed by atoms with Gasteiger partial charge in [-0.3, -0.25) is 0 Å². The Morgan fingerprint density at radius 2 is 2.00 bits per heavy atom. The minimum Gasteiger partial charge on any atom is -0.465 e. The number of methoxy groups -OCH3 is 1. The van der Waals surface area contributed by atoms with Crippen LogP contribution >= 0.6 is 0 Å². The zero-order valence-corrected chi connectivity index (χ0v) is 13.1. The monoisotopic (exact) mass is 323 g/mol. The van der Waals surface area contributed by atoms with E-state index >= 15 is 0 Å². The third-order valence-corrected chi connectivity index (χ3v) is 4.09. The van der Waals surface area contributed by atoms with Crippen molar-refractivity contribution in [1.82, 2.24) is 4.72 Å². The van der Waals surface area contributed by atoms with E-state index in [2.05, 4.69) is 14.8 Å². The zero-order valence-electron chi connectivity index (χ0n) is 12.3. The average Bonchev–Trinajstić information content (AvgIpc) is 2.53. The van der Waals surface area contributed by atoms with Gasteiger partial charge in [0, 0.05) is 18.4 Å². The first kappa shape index (κ1) is 17.7. The molecule has 0 radical (unpaired) electrons. The summed E-state index contributed by atoms with van der Waals surface area (Å²) in [7, 11) is -2.34. The molecule has 0 spiro atoms. The first-order valence-electron chi connectivity index (χ1n) is 6.49. The summed E-state index contributed by atoms with van der Waals surface area (Å²) >= 11 is 0. The molecule has 8 heteroatoms. The van der Waals surface area contributed by atoms with Gasteiger partial charge in [0.05, 0.1) is 12.0 Å². The SMILES string of the molecule is CCCNS(=O)(=O)c1ccc(N/C=C(/C#N)C(=O)OC)cc1. The molecular weight excluding hydrogens is 306 g/mol. The summed E-state index contributed by atoms with van der Waals surface area (Å²) in [6.07, 6.45) is 1.90. The van der Waals surface area contributed by atoms with E-state index in [9.17, 15) is 13.2 Å². The number of carbonyl (C=O) groups excluding carboxylic acids is 1. The van der Waals surface area contributed by atoms with Crippen LogP contribution in [0.2, 0.25) is 0 Å². The van der Waals surface area contributed by atoms with Gasteiger partial charge in [-0.15, -0.1) is 0 Å². The summed E-state index contributed by atoms with van der Waals surface area (Å²) in [6, 6.07) is 7.62. The fourth-order valence-corrected chi connectivity index (χ4v) is 2.59. The van der Waals surface area contributed by atoms with Gasteiger partial charge in [0.15, 0.2) is 5.57 Å². The normalized spacial score (nSPS) is 11.6. The van der Waals surface area contributed by atoms with Crippen LogP contribution in [0.5, 0.6) is 0 Å². The van der Waals surface area contributed by atoms with E-state index < -0.39 is 16.0 Å². The lowest BCUT2D eigenvalue weighted by molar-refractivity contribution is -0.135.